The lowest BCUT2D eigenvalue weighted by molar-refractivity contribution is -0.117. The van der Waals surface area contributed by atoms with Crippen LogP contribution in [0.3, 0.4) is 0 Å². The highest BCUT2D eigenvalue weighted by molar-refractivity contribution is 5.96. The number of amides is 3. The molecule has 2 N–H and O–H groups in total. The van der Waals surface area contributed by atoms with Crippen molar-refractivity contribution in [2.24, 2.45) is 0 Å². The van der Waals surface area contributed by atoms with Crippen molar-refractivity contribution in [2.75, 3.05) is 11.4 Å². The number of rotatable bonds is 3. The number of nitrogens with zero attached hydrogens (tertiary/aromatic N) is 1. The average Bonchev–Trinajstić information content (AvgIpc) is 3.13. The van der Waals surface area contributed by atoms with Crippen molar-refractivity contribution in [3.05, 3.63) is 30.3 Å². The van der Waals surface area contributed by atoms with Gasteiger partial charge in [0.2, 0.25) is 5.91 Å². The Bertz CT molecular complexity index is 485. The summed E-state index contributed by atoms with van der Waals surface area (Å²) in [6, 6.07) is 9.62. The van der Waals surface area contributed by atoms with Gasteiger partial charge in [-0.1, -0.05) is 18.2 Å². The number of nitrogens with one attached hydrogen (secondary N) is 2. The van der Waals surface area contributed by atoms with Crippen molar-refractivity contribution in [2.45, 2.75) is 31.3 Å². The summed E-state index contributed by atoms with van der Waals surface area (Å²) in [7, 11) is 0. The smallest absolute Gasteiger partial charge is 0.315 e. The average molecular weight is 259 g/mol. The number of carbonyl (C=O) groups is 2. The van der Waals surface area contributed by atoms with Gasteiger partial charge in [0.25, 0.3) is 0 Å². The number of carbonyl (C=O) groups excluding carboxylic acids is 2. The Balaban J connectivity index is 1.58. The van der Waals surface area contributed by atoms with Gasteiger partial charge in [-0.15, -0.1) is 0 Å². The Morgan fingerprint density at radius 3 is 2.47 bits per heavy atom. The summed E-state index contributed by atoms with van der Waals surface area (Å²) in [5, 5.41) is 5.74. The first-order chi connectivity index (χ1) is 9.22. The largest absolute Gasteiger partial charge is 0.335 e. The topological polar surface area (TPSA) is 61.4 Å². The minimum atomic E-state index is -0.157. The van der Waals surface area contributed by atoms with Gasteiger partial charge < -0.3 is 15.5 Å². The summed E-state index contributed by atoms with van der Waals surface area (Å²) in [6.07, 6.45) is 2.49. The first kappa shape index (κ1) is 12.0. The molecule has 1 heterocycles. The van der Waals surface area contributed by atoms with Crippen molar-refractivity contribution in [3.8, 4) is 0 Å². The van der Waals surface area contributed by atoms with Gasteiger partial charge in [0.1, 0.15) is 0 Å². The summed E-state index contributed by atoms with van der Waals surface area (Å²) < 4.78 is 0. The fourth-order valence-corrected chi connectivity index (χ4v) is 2.30. The van der Waals surface area contributed by atoms with Gasteiger partial charge in [0, 0.05) is 24.7 Å². The van der Waals surface area contributed by atoms with E-state index in [0.29, 0.717) is 19.0 Å². The maximum absolute atomic E-state index is 12.0. The van der Waals surface area contributed by atoms with E-state index in [4.69, 9.17) is 0 Å². The van der Waals surface area contributed by atoms with Gasteiger partial charge in [-0.25, -0.2) is 4.79 Å². The molecule has 1 aromatic carbocycles. The van der Waals surface area contributed by atoms with Crippen LogP contribution < -0.4 is 15.5 Å². The molecule has 100 valence electrons. The van der Waals surface area contributed by atoms with E-state index in [1.165, 1.54) is 0 Å². The zero-order chi connectivity index (χ0) is 13.2. The molecule has 1 aromatic rings. The van der Waals surface area contributed by atoms with Crippen molar-refractivity contribution in [1.82, 2.24) is 10.6 Å². The molecule has 5 nitrogen and oxygen atoms in total. The zero-order valence-electron chi connectivity index (χ0n) is 10.6. The Hall–Kier alpha value is -2.04. The molecule has 0 aromatic heterocycles. The molecule has 1 saturated heterocycles. The lowest BCUT2D eigenvalue weighted by Gasteiger charge is -2.17. The predicted molar refractivity (Wildman–Crippen MR) is 71.9 cm³/mol. The summed E-state index contributed by atoms with van der Waals surface area (Å²) in [5.74, 6) is 0.0583. The van der Waals surface area contributed by atoms with Crippen molar-refractivity contribution in [1.29, 1.82) is 0 Å². The number of benzene rings is 1. The van der Waals surface area contributed by atoms with E-state index in [9.17, 15) is 9.59 Å². The molecule has 1 unspecified atom stereocenters. The van der Waals surface area contributed by atoms with Gasteiger partial charge in [-0.2, -0.15) is 0 Å². The molecular formula is C14H17N3O2. The SMILES string of the molecule is O=C(NC1CC1)NC1CC(=O)N(c2ccccc2)C1. The van der Waals surface area contributed by atoms with Crippen LogP contribution in [0, 0.1) is 0 Å². The van der Waals surface area contributed by atoms with E-state index in [0.717, 1.165) is 18.5 Å². The third-order valence-electron chi connectivity index (χ3n) is 3.44. The molecule has 2 fully saturated rings. The van der Waals surface area contributed by atoms with Crippen LogP contribution in [0.1, 0.15) is 19.3 Å². The van der Waals surface area contributed by atoms with E-state index in [1.807, 2.05) is 30.3 Å². The number of hydrogen-bond acceptors (Lipinski definition) is 2. The van der Waals surface area contributed by atoms with E-state index >= 15 is 0 Å². The fraction of sp³-hybridized carbons (Fsp3) is 0.429. The highest BCUT2D eigenvalue weighted by Crippen LogP contribution is 2.21. The molecule has 5 heteroatoms. The molecule has 0 radical (unpaired) electrons. The van der Waals surface area contributed by atoms with Crippen molar-refractivity contribution in [3.63, 3.8) is 0 Å². The second-order valence-electron chi connectivity index (χ2n) is 5.13. The van der Waals surface area contributed by atoms with Crippen LogP contribution >= 0.6 is 0 Å². The lowest BCUT2D eigenvalue weighted by Crippen LogP contribution is -2.44. The van der Waals surface area contributed by atoms with E-state index < -0.39 is 0 Å². The lowest BCUT2D eigenvalue weighted by atomic mass is 10.2. The normalized spacial score (nSPS) is 22.4. The molecule has 1 aliphatic carbocycles. The van der Waals surface area contributed by atoms with Crippen molar-refractivity contribution >= 4 is 17.6 Å². The summed E-state index contributed by atoms with van der Waals surface area (Å²) in [5.41, 5.74) is 0.888. The maximum atomic E-state index is 12.0. The Morgan fingerprint density at radius 2 is 1.79 bits per heavy atom. The summed E-state index contributed by atoms with van der Waals surface area (Å²) in [6.45, 7) is 0.543. The first-order valence-corrected chi connectivity index (χ1v) is 6.65. The van der Waals surface area contributed by atoms with Crippen LogP contribution in [0.2, 0.25) is 0 Å². The quantitative estimate of drug-likeness (QED) is 0.858. The molecule has 1 saturated carbocycles. The van der Waals surface area contributed by atoms with Crippen LogP contribution in [-0.2, 0) is 4.79 Å². The Morgan fingerprint density at radius 1 is 1.11 bits per heavy atom. The predicted octanol–water partition coefficient (Wildman–Crippen LogP) is 1.25. The van der Waals surface area contributed by atoms with Gasteiger partial charge >= 0.3 is 6.03 Å². The molecule has 1 atom stereocenters. The first-order valence-electron chi connectivity index (χ1n) is 6.65. The van der Waals surface area contributed by atoms with Gasteiger partial charge in [0.15, 0.2) is 0 Å². The van der Waals surface area contributed by atoms with Crippen LogP contribution in [0.25, 0.3) is 0 Å². The molecule has 2 aliphatic rings. The number of hydrogen-bond donors (Lipinski definition) is 2. The molecule has 0 bridgehead atoms. The van der Waals surface area contributed by atoms with Crippen molar-refractivity contribution < 1.29 is 9.59 Å². The van der Waals surface area contributed by atoms with E-state index in [1.54, 1.807) is 4.90 Å². The highest BCUT2D eigenvalue weighted by Gasteiger charge is 2.32. The van der Waals surface area contributed by atoms with Gasteiger partial charge in [0.05, 0.1) is 6.04 Å². The minimum Gasteiger partial charge on any atom is -0.335 e. The molecule has 3 rings (SSSR count). The third kappa shape index (κ3) is 2.86. The minimum absolute atomic E-state index is 0.0583. The maximum Gasteiger partial charge on any atom is 0.315 e. The second-order valence-corrected chi connectivity index (χ2v) is 5.13. The van der Waals surface area contributed by atoms with Crippen LogP contribution in [0.5, 0.6) is 0 Å². The number of urea groups is 1. The highest BCUT2D eigenvalue weighted by atomic mass is 16.2. The second kappa shape index (κ2) is 4.91. The molecule has 3 amide bonds. The fourth-order valence-electron chi connectivity index (χ4n) is 2.30. The van der Waals surface area contributed by atoms with Crippen LogP contribution in [-0.4, -0.2) is 30.6 Å². The van der Waals surface area contributed by atoms with E-state index in [-0.39, 0.29) is 18.0 Å². The number of anilines is 1. The molecule has 0 spiro atoms. The third-order valence-corrected chi connectivity index (χ3v) is 3.44. The van der Waals surface area contributed by atoms with Gasteiger partial charge in [-0.05, 0) is 25.0 Å². The van der Waals surface area contributed by atoms with Crippen LogP contribution in [0.15, 0.2) is 30.3 Å². The van der Waals surface area contributed by atoms with Gasteiger partial charge in [-0.3, -0.25) is 4.79 Å². The van der Waals surface area contributed by atoms with E-state index in [2.05, 4.69) is 10.6 Å². The monoisotopic (exact) mass is 259 g/mol. The Labute approximate surface area is 112 Å². The Kier molecular flexibility index (Phi) is 3.11. The van der Waals surface area contributed by atoms with Crippen LogP contribution in [0.4, 0.5) is 10.5 Å². The molecular weight excluding hydrogens is 242 g/mol. The summed E-state index contributed by atoms with van der Waals surface area (Å²) >= 11 is 0. The summed E-state index contributed by atoms with van der Waals surface area (Å²) in [4.78, 5) is 25.3. The molecule has 1 aliphatic heterocycles. The molecule has 19 heavy (non-hydrogen) atoms. The standard InChI is InChI=1S/C14H17N3O2/c18-13-8-11(16-14(19)15-10-6-7-10)9-17(13)12-4-2-1-3-5-12/h1-5,10-11H,6-9H2,(H2,15,16,19). The zero-order valence-corrected chi connectivity index (χ0v) is 10.6. The number of para-hydroxylation sites is 1.